The number of fused-ring (bicyclic) bond motifs is 16. The molecule has 46 heavy (non-hydrogen) atoms. The minimum absolute atomic E-state index is 0.480. The molecule has 3 aromatic heterocycles. The average molecular weight is 588 g/mol. The highest BCUT2D eigenvalue weighted by Crippen LogP contribution is 2.55. The van der Waals surface area contributed by atoms with Gasteiger partial charge in [-0.05, 0) is 60.0 Å². The number of hydrogen-bond donors (Lipinski definition) is 0. The second-order valence-electron chi connectivity index (χ2n) is 12.7. The Labute approximate surface area is 264 Å². The highest BCUT2D eigenvalue weighted by Gasteiger charge is 2.45. The largest absolute Gasteiger partial charge is 0.456 e. The van der Waals surface area contributed by atoms with Crippen LogP contribution in [0.3, 0.4) is 0 Å². The number of furan rings is 1. The Morgan fingerprint density at radius 2 is 1.39 bits per heavy atom. The van der Waals surface area contributed by atoms with Crippen LogP contribution >= 0.6 is 0 Å². The Morgan fingerprint density at radius 3 is 2.30 bits per heavy atom. The molecule has 0 fully saturated rings. The van der Waals surface area contributed by atoms with Gasteiger partial charge < -0.3 is 8.98 Å². The van der Waals surface area contributed by atoms with E-state index < -0.39 is 5.41 Å². The number of aromatic nitrogens is 3. The lowest BCUT2D eigenvalue weighted by Gasteiger charge is -2.29. The summed E-state index contributed by atoms with van der Waals surface area (Å²) in [4.78, 5) is 11.0. The molecule has 1 aliphatic carbocycles. The molecule has 0 saturated heterocycles. The smallest absolute Gasteiger partial charge is 0.162 e. The SMILES string of the molecule is CC12c3ccc4c5ccc6oc7ccccc7c6c5n(c4c3)-c3ccccc3-c3nc(-c4ccccc4)c(c1n3)-c1ccccc12. The molecular formula is C42H25N3O. The molecule has 4 bridgehead atoms. The van der Waals surface area contributed by atoms with Crippen LogP contribution < -0.4 is 0 Å². The van der Waals surface area contributed by atoms with Crippen molar-refractivity contribution in [2.75, 3.05) is 0 Å². The summed E-state index contributed by atoms with van der Waals surface area (Å²) < 4.78 is 8.85. The van der Waals surface area contributed by atoms with Gasteiger partial charge in [0.2, 0.25) is 0 Å². The molecular weight excluding hydrogens is 562 g/mol. The lowest BCUT2D eigenvalue weighted by atomic mass is 9.76. The molecule has 2 aliphatic rings. The van der Waals surface area contributed by atoms with E-state index in [2.05, 4.69) is 139 Å². The number of benzene rings is 6. The normalized spacial score (nSPS) is 16.0. The van der Waals surface area contributed by atoms with Gasteiger partial charge in [0.1, 0.15) is 11.2 Å². The Morgan fingerprint density at radius 1 is 0.630 bits per heavy atom. The maximum absolute atomic E-state index is 6.42. The standard InChI is InChI=1S/C42H25N3O/c1-42-25-19-20-26-27-21-22-35-36(30-15-7-10-18-34(30)46-35)39(27)45(33(26)23-25)32-17-9-6-14-29(32)41-43-38(24-11-3-2-4-12-24)37(40(42)44-41)28-13-5-8-16-31(28)42/h2-23H,1H3. The molecule has 0 amide bonds. The Balaban J connectivity index is 1.39. The monoisotopic (exact) mass is 587 g/mol. The fraction of sp³-hybridized carbons (Fsp3) is 0.0476. The molecule has 0 radical (unpaired) electrons. The predicted octanol–water partition coefficient (Wildman–Crippen LogP) is 10.5. The molecule has 4 heteroatoms. The van der Waals surface area contributed by atoms with Crippen molar-refractivity contribution in [3.63, 3.8) is 0 Å². The van der Waals surface area contributed by atoms with Crippen LogP contribution in [0.4, 0.5) is 0 Å². The minimum Gasteiger partial charge on any atom is -0.456 e. The van der Waals surface area contributed by atoms with Crippen molar-refractivity contribution >= 4 is 43.7 Å². The summed E-state index contributed by atoms with van der Waals surface area (Å²) >= 11 is 0. The van der Waals surface area contributed by atoms with E-state index in [0.29, 0.717) is 0 Å². The Kier molecular flexibility index (Phi) is 4.43. The van der Waals surface area contributed by atoms with Crippen molar-refractivity contribution in [3.8, 4) is 39.5 Å². The van der Waals surface area contributed by atoms with Gasteiger partial charge in [0.05, 0.1) is 38.9 Å². The molecule has 4 nitrogen and oxygen atoms in total. The second-order valence-corrected chi connectivity index (χ2v) is 12.7. The average Bonchev–Trinajstić information content (AvgIpc) is 3.74. The zero-order chi connectivity index (χ0) is 30.1. The lowest BCUT2D eigenvalue weighted by Crippen LogP contribution is -2.24. The Hall–Kier alpha value is -6.00. The quantitative estimate of drug-likeness (QED) is 0.192. The molecule has 6 aromatic carbocycles. The van der Waals surface area contributed by atoms with Crippen LogP contribution in [0.2, 0.25) is 0 Å². The van der Waals surface area contributed by atoms with Crippen LogP contribution in [0, 0.1) is 0 Å². The molecule has 0 saturated carbocycles. The van der Waals surface area contributed by atoms with Crippen LogP contribution in [0.5, 0.6) is 0 Å². The summed E-state index contributed by atoms with van der Waals surface area (Å²) in [5.41, 5.74) is 13.6. The van der Waals surface area contributed by atoms with Gasteiger partial charge in [0, 0.05) is 32.8 Å². The number of rotatable bonds is 1. The summed E-state index contributed by atoms with van der Waals surface area (Å²) in [7, 11) is 0. The summed E-state index contributed by atoms with van der Waals surface area (Å²) in [5, 5.41) is 4.65. The van der Waals surface area contributed by atoms with E-state index in [1.165, 1.54) is 33.0 Å². The third-order valence-electron chi connectivity index (χ3n) is 10.4. The zero-order valence-electron chi connectivity index (χ0n) is 25.0. The minimum atomic E-state index is -0.480. The van der Waals surface area contributed by atoms with E-state index >= 15 is 0 Å². The molecule has 11 rings (SSSR count). The third kappa shape index (κ3) is 2.85. The van der Waals surface area contributed by atoms with Crippen LogP contribution in [-0.4, -0.2) is 14.5 Å². The maximum Gasteiger partial charge on any atom is 0.162 e. The summed E-state index contributed by atoms with van der Waals surface area (Å²) in [6.45, 7) is 2.34. The first-order valence-corrected chi connectivity index (χ1v) is 15.8. The van der Waals surface area contributed by atoms with Gasteiger partial charge in [0.25, 0.3) is 0 Å². The van der Waals surface area contributed by atoms with E-state index in [4.69, 9.17) is 14.4 Å². The predicted molar refractivity (Wildman–Crippen MR) is 186 cm³/mol. The Bertz CT molecular complexity index is 2770. The lowest BCUT2D eigenvalue weighted by molar-refractivity contribution is 0.669. The van der Waals surface area contributed by atoms with Crippen LogP contribution in [-0.2, 0) is 5.41 Å². The summed E-state index contributed by atoms with van der Waals surface area (Å²) in [6.07, 6.45) is 0. The highest BCUT2D eigenvalue weighted by atomic mass is 16.3. The molecule has 0 spiro atoms. The molecule has 4 heterocycles. The van der Waals surface area contributed by atoms with E-state index in [0.717, 1.165) is 67.0 Å². The maximum atomic E-state index is 6.42. The molecule has 1 atom stereocenters. The number of hydrogen-bond acceptors (Lipinski definition) is 3. The molecule has 1 aliphatic heterocycles. The molecule has 0 N–H and O–H groups in total. The van der Waals surface area contributed by atoms with Crippen LogP contribution in [0.25, 0.3) is 83.2 Å². The third-order valence-corrected chi connectivity index (χ3v) is 10.4. The van der Waals surface area contributed by atoms with Gasteiger partial charge in [-0.1, -0.05) is 97.1 Å². The fourth-order valence-electron chi connectivity index (χ4n) is 8.29. The van der Waals surface area contributed by atoms with Gasteiger partial charge >= 0.3 is 0 Å². The molecule has 214 valence electrons. The van der Waals surface area contributed by atoms with Gasteiger partial charge in [-0.2, -0.15) is 0 Å². The van der Waals surface area contributed by atoms with Crippen LogP contribution in [0.1, 0.15) is 23.7 Å². The van der Waals surface area contributed by atoms with E-state index in [1.54, 1.807) is 0 Å². The first-order valence-electron chi connectivity index (χ1n) is 15.8. The van der Waals surface area contributed by atoms with Crippen molar-refractivity contribution in [1.82, 2.24) is 14.5 Å². The van der Waals surface area contributed by atoms with Gasteiger partial charge in [0.15, 0.2) is 5.82 Å². The first kappa shape index (κ1) is 24.3. The zero-order valence-corrected chi connectivity index (χ0v) is 25.0. The van der Waals surface area contributed by atoms with E-state index in [-0.39, 0.29) is 0 Å². The van der Waals surface area contributed by atoms with E-state index in [1.807, 2.05) is 6.07 Å². The second kappa shape index (κ2) is 8.38. The summed E-state index contributed by atoms with van der Waals surface area (Å²) in [6, 6.07) is 47.7. The first-order chi connectivity index (χ1) is 22.7. The van der Waals surface area contributed by atoms with Crippen molar-refractivity contribution in [3.05, 3.63) is 150 Å². The molecule has 1 unspecified atom stereocenters. The fourth-order valence-corrected chi connectivity index (χ4v) is 8.29. The van der Waals surface area contributed by atoms with Gasteiger partial charge in [-0.15, -0.1) is 0 Å². The van der Waals surface area contributed by atoms with Gasteiger partial charge in [-0.3, -0.25) is 0 Å². The van der Waals surface area contributed by atoms with Crippen LogP contribution in [0.15, 0.2) is 138 Å². The number of nitrogens with zero attached hydrogens (tertiary/aromatic N) is 3. The van der Waals surface area contributed by atoms with Crippen molar-refractivity contribution in [2.45, 2.75) is 12.3 Å². The molecule has 9 aromatic rings. The van der Waals surface area contributed by atoms with Crippen molar-refractivity contribution in [2.24, 2.45) is 0 Å². The topological polar surface area (TPSA) is 43.9 Å². The van der Waals surface area contributed by atoms with Gasteiger partial charge in [-0.25, -0.2) is 9.97 Å². The highest BCUT2D eigenvalue weighted by molar-refractivity contribution is 6.24. The van der Waals surface area contributed by atoms with Crippen molar-refractivity contribution in [1.29, 1.82) is 0 Å². The number of para-hydroxylation sites is 2. The van der Waals surface area contributed by atoms with Crippen molar-refractivity contribution < 1.29 is 4.42 Å². The van der Waals surface area contributed by atoms with E-state index in [9.17, 15) is 0 Å². The summed E-state index contributed by atoms with van der Waals surface area (Å²) in [5.74, 6) is 0.733.